The van der Waals surface area contributed by atoms with Gasteiger partial charge in [0.1, 0.15) is 16.8 Å². The van der Waals surface area contributed by atoms with E-state index in [0.717, 1.165) is 12.1 Å². The lowest BCUT2D eigenvalue weighted by molar-refractivity contribution is -0.385. The Bertz CT molecular complexity index is 921. The third-order valence-corrected chi connectivity index (χ3v) is 3.29. The minimum absolute atomic E-state index is 0.132. The smallest absolute Gasteiger partial charge is 0.420 e. The van der Waals surface area contributed by atoms with Crippen LogP contribution in [-0.2, 0) is 6.18 Å². The van der Waals surface area contributed by atoms with Crippen LogP contribution in [0.25, 0.3) is 10.9 Å². The summed E-state index contributed by atoms with van der Waals surface area (Å²) in [7, 11) is 0. The number of nitrogens with zero attached hydrogens (tertiary/aromatic N) is 2. The molecule has 0 N–H and O–H groups in total. The first-order valence-electron chi connectivity index (χ1n) is 6.73. The fourth-order valence-electron chi connectivity index (χ4n) is 2.22. The molecule has 0 amide bonds. The maximum Gasteiger partial charge on any atom is 0.420 e. The Kier molecular flexibility index (Phi) is 3.80. The van der Waals surface area contributed by atoms with Gasteiger partial charge in [-0.05, 0) is 18.2 Å². The molecular formula is C16H9F3N2O3. The van der Waals surface area contributed by atoms with Crippen LogP contribution in [0.2, 0.25) is 0 Å². The summed E-state index contributed by atoms with van der Waals surface area (Å²) in [6, 6.07) is 10.6. The SMILES string of the molecule is O=[N+]([O-])c1ccc(Oc2cccc3cccnc23)c(C(F)(F)F)c1. The second kappa shape index (κ2) is 5.80. The van der Waals surface area contributed by atoms with Gasteiger partial charge in [-0.25, -0.2) is 0 Å². The number of pyridine rings is 1. The number of fused-ring (bicyclic) bond motifs is 1. The van der Waals surface area contributed by atoms with E-state index in [-0.39, 0.29) is 5.75 Å². The van der Waals surface area contributed by atoms with E-state index < -0.39 is 28.1 Å². The molecule has 0 unspecified atom stereocenters. The van der Waals surface area contributed by atoms with Crippen molar-refractivity contribution in [3.05, 3.63) is 70.4 Å². The van der Waals surface area contributed by atoms with Crippen molar-refractivity contribution in [2.24, 2.45) is 0 Å². The Hall–Kier alpha value is -3.16. The molecule has 8 heteroatoms. The molecule has 24 heavy (non-hydrogen) atoms. The molecule has 0 radical (unpaired) electrons. The molecular weight excluding hydrogens is 325 g/mol. The molecule has 5 nitrogen and oxygen atoms in total. The van der Waals surface area contributed by atoms with Crippen LogP contribution in [-0.4, -0.2) is 9.91 Å². The maximum atomic E-state index is 13.2. The van der Waals surface area contributed by atoms with Crippen molar-refractivity contribution in [2.75, 3.05) is 0 Å². The zero-order valence-corrected chi connectivity index (χ0v) is 11.9. The van der Waals surface area contributed by atoms with Crippen molar-refractivity contribution in [1.29, 1.82) is 0 Å². The Labute approximate surface area is 133 Å². The van der Waals surface area contributed by atoms with Crippen LogP contribution in [0.4, 0.5) is 18.9 Å². The van der Waals surface area contributed by atoms with Crippen molar-refractivity contribution in [3.8, 4) is 11.5 Å². The first-order valence-corrected chi connectivity index (χ1v) is 6.73. The van der Waals surface area contributed by atoms with Gasteiger partial charge in [0.25, 0.3) is 5.69 Å². The summed E-state index contributed by atoms with van der Waals surface area (Å²) < 4.78 is 44.9. The van der Waals surface area contributed by atoms with E-state index in [9.17, 15) is 23.3 Å². The van der Waals surface area contributed by atoms with Crippen molar-refractivity contribution in [2.45, 2.75) is 6.18 Å². The summed E-state index contributed by atoms with van der Waals surface area (Å²) in [5.41, 5.74) is -1.48. The Morgan fingerprint density at radius 2 is 1.79 bits per heavy atom. The molecule has 0 aliphatic carbocycles. The van der Waals surface area contributed by atoms with Crippen LogP contribution in [0, 0.1) is 10.1 Å². The second-order valence-electron chi connectivity index (χ2n) is 4.87. The minimum atomic E-state index is -4.79. The van der Waals surface area contributed by atoms with Crippen molar-refractivity contribution >= 4 is 16.6 Å². The molecule has 122 valence electrons. The highest BCUT2D eigenvalue weighted by molar-refractivity contribution is 5.84. The van der Waals surface area contributed by atoms with Crippen LogP contribution in [0.15, 0.2) is 54.7 Å². The fraction of sp³-hybridized carbons (Fsp3) is 0.0625. The molecule has 2 aromatic carbocycles. The van der Waals surface area contributed by atoms with E-state index in [1.165, 1.54) is 12.3 Å². The zero-order chi connectivity index (χ0) is 17.3. The second-order valence-corrected chi connectivity index (χ2v) is 4.87. The van der Waals surface area contributed by atoms with Crippen molar-refractivity contribution in [3.63, 3.8) is 0 Å². The van der Waals surface area contributed by atoms with Crippen molar-refractivity contribution < 1.29 is 22.8 Å². The molecule has 1 aromatic heterocycles. The van der Waals surface area contributed by atoms with Crippen molar-refractivity contribution in [1.82, 2.24) is 4.98 Å². The van der Waals surface area contributed by atoms with Gasteiger partial charge in [-0.15, -0.1) is 0 Å². The molecule has 3 aromatic rings. The van der Waals surface area contributed by atoms with Crippen LogP contribution in [0.1, 0.15) is 5.56 Å². The van der Waals surface area contributed by atoms with Gasteiger partial charge in [-0.2, -0.15) is 13.2 Å². The van der Waals surface area contributed by atoms with Gasteiger partial charge < -0.3 is 4.74 Å². The van der Waals surface area contributed by atoms with Crippen LogP contribution < -0.4 is 4.74 Å². The molecule has 3 rings (SSSR count). The number of hydrogen-bond donors (Lipinski definition) is 0. The number of benzene rings is 2. The van der Waals surface area contributed by atoms with E-state index >= 15 is 0 Å². The molecule has 0 atom stereocenters. The highest BCUT2D eigenvalue weighted by atomic mass is 19.4. The lowest BCUT2D eigenvalue weighted by Crippen LogP contribution is -2.08. The topological polar surface area (TPSA) is 65.3 Å². The minimum Gasteiger partial charge on any atom is -0.454 e. The van der Waals surface area contributed by atoms with Gasteiger partial charge >= 0.3 is 6.18 Å². The van der Waals surface area contributed by atoms with Gasteiger partial charge in [0.2, 0.25) is 0 Å². The molecule has 1 heterocycles. The average molecular weight is 334 g/mol. The number of ether oxygens (including phenoxy) is 1. The number of para-hydroxylation sites is 1. The largest absolute Gasteiger partial charge is 0.454 e. The summed E-state index contributed by atoms with van der Waals surface area (Å²) in [5, 5.41) is 11.4. The Morgan fingerprint density at radius 3 is 2.50 bits per heavy atom. The highest BCUT2D eigenvalue weighted by Gasteiger charge is 2.36. The molecule has 0 fully saturated rings. The lowest BCUT2D eigenvalue weighted by atomic mass is 10.1. The van der Waals surface area contributed by atoms with Gasteiger partial charge in [0.05, 0.1) is 4.92 Å². The Morgan fingerprint density at radius 1 is 1.04 bits per heavy atom. The van der Waals surface area contributed by atoms with E-state index in [2.05, 4.69) is 4.98 Å². The van der Waals surface area contributed by atoms with E-state index in [1.807, 2.05) is 0 Å². The van der Waals surface area contributed by atoms with Gasteiger partial charge in [0.15, 0.2) is 5.75 Å². The van der Waals surface area contributed by atoms with Crippen LogP contribution in [0.3, 0.4) is 0 Å². The number of alkyl halides is 3. The quantitative estimate of drug-likeness (QED) is 0.502. The van der Waals surface area contributed by atoms with E-state index in [0.29, 0.717) is 17.0 Å². The first-order chi connectivity index (χ1) is 11.4. The number of non-ortho nitro benzene ring substituents is 1. The molecule has 0 saturated heterocycles. The van der Waals surface area contributed by atoms with Gasteiger partial charge in [0, 0.05) is 23.7 Å². The number of halogens is 3. The Balaban J connectivity index is 2.11. The normalized spacial score (nSPS) is 11.5. The molecule has 0 aliphatic rings. The van der Waals surface area contributed by atoms with Gasteiger partial charge in [-0.1, -0.05) is 18.2 Å². The van der Waals surface area contributed by atoms with E-state index in [1.54, 1.807) is 24.3 Å². The zero-order valence-electron chi connectivity index (χ0n) is 11.9. The third kappa shape index (κ3) is 2.98. The number of nitro benzene ring substituents is 1. The summed E-state index contributed by atoms with van der Waals surface area (Å²) in [5.74, 6) is -0.390. The average Bonchev–Trinajstić information content (AvgIpc) is 2.54. The summed E-state index contributed by atoms with van der Waals surface area (Å²) in [6.45, 7) is 0. The molecule has 0 saturated carbocycles. The van der Waals surface area contributed by atoms with Gasteiger partial charge in [-0.3, -0.25) is 15.1 Å². The highest BCUT2D eigenvalue weighted by Crippen LogP contribution is 2.40. The predicted molar refractivity (Wildman–Crippen MR) is 79.9 cm³/mol. The van der Waals surface area contributed by atoms with Crippen LogP contribution in [0.5, 0.6) is 11.5 Å². The monoisotopic (exact) mass is 334 g/mol. The van der Waals surface area contributed by atoms with E-state index in [4.69, 9.17) is 4.74 Å². The predicted octanol–water partition coefficient (Wildman–Crippen LogP) is 4.95. The standard InChI is InChI=1S/C16H9F3N2O3/c17-16(18,19)12-9-11(21(22)23)6-7-13(12)24-14-5-1-3-10-4-2-8-20-15(10)14/h1-9H. The number of nitro groups is 1. The first kappa shape index (κ1) is 15.7. The third-order valence-electron chi connectivity index (χ3n) is 3.29. The van der Waals surface area contributed by atoms with Crippen LogP contribution >= 0.6 is 0 Å². The summed E-state index contributed by atoms with van der Waals surface area (Å²) in [6.07, 6.45) is -3.30. The molecule has 0 aliphatic heterocycles. The maximum absolute atomic E-state index is 13.2. The fourth-order valence-corrected chi connectivity index (χ4v) is 2.22. The molecule has 0 spiro atoms. The number of aromatic nitrogens is 1. The number of hydrogen-bond acceptors (Lipinski definition) is 4. The summed E-state index contributed by atoms with van der Waals surface area (Å²) in [4.78, 5) is 13.9. The molecule has 0 bridgehead atoms. The number of rotatable bonds is 3. The lowest BCUT2D eigenvalue weighted by Gasteiger charge is -2.14. The summed E-state index contributed by atoms with van der Waals surface area (Å²) >= 11 is 0.